The standard InChI is InChI=1S/C8H8N2O4/c1-4(11)6-2-5(12)3-7(9)8(6)10(13)14/h2-3,12H,9H2,1H3. The Kier molecular flexibility index (Phi) is 2.37. The number of anilines is 1. The number of nitrogens with two attached hydrogens (primary N) is 1. The second-order valence-corrected chi connectivity index (χ2v) is 2.74. The Morgan fingerprint density at radius 3 is 2.57 bits per heavy atom. The molecule has 0 amide bonds. The molecule has 6 nitrogen and oxygen atoms in total. The van der Waals surface area contributed by atoms with Crippen LogP contribution in [0.1, 0.15) is 17.3 Å². The number of hydrogen-bond acceptors (Lipinski definition) is 5. The Morgan fingerprint density at radius 2 is 2.14 bits per heavy atom. The van der Waals surface area contributed by atoms with Gasteiger partial charge in [-0.3, -0.25) is 14.9 Å². The van der Waals surface area contributed by atoms with Crippen molar-refractivity contribution in [1.82, 2.24) is 0 Å². The number of nitro benzene ring substituents is 1. The molecule has 0 saturated heterocycles. The van der Waals surface area contributed by atoms with Gasteiger partial charge in [-0.05, 0) is 13.0 Å². The molecule has 0 aliphatic rings. The molecule has 1 aromatic rings. The molecule has 6 heteroatoms. The van der Waals surface area contributed by atoms with E-state index in [-0.39, 0.29) is 17.0 Å². The number of Topliss-reactive ketones (excluding diaryl/α,β-unsaturated/α-hetero) is 1. The van der Waals surface area contributed by atoms with E-state index in [1.54, 1.807) is 0 Å². The zero-order chi connectivity index (χ0) is 10.9. The molecular formula is C8H8N2O4. The maximum Gasteiger partial charge on any atom is 0.303 e. The molecule has 0 bridgehead atoms. The average Bonchev–Trinajstić information content (AvgIpc) is 2.01. The lowest BCUT2D eigenvalue weighted by molar-refractivity contribution is -0.384. The van der Waals surface area contributed by atoms with Crippen LogP contribution >= 0.6 is 0 Å². The predicted molar refractivity (Wildman–Crippen MR) is 49.2 cm³/mol. The maximum absolute atomic E-state index is 11.0. The third-order valence-corrected chi connectivity index (χ3v) is 1.69. The van der Waals surface area contributed by atoms with Gasteiger partial charge >= 0.3 is 5.69 Å². The Bertz CT molecular complexity index is 414. The summed E-state index contributed by atoms with van der Waals surface area (Å²) in [6, 6.07) is 2.06. The zero-order valence-corrected chi connectivity index (χ0v) is 7.35. The summed E-state index contributed by atoms with van der Waals surface area (Å²) in [5.41, 5.74) is 4.43. The van der Waals surface area contributed by atoms with Gasteiger partial charge in [0.1, 0.15) is 17.0 Å². The van der Waals surface area contributed by atoms with Gasteiger partial charge in [-0.25, -0.2) is 0 Å². The van der Waals surface area contributed by atoms with Crippen molar-refractivity contribution in [3.63, 3.8) is 0 Å². The average molecular weight is 196 g/mol. The lowest BCUT2D eigenvalue weighted by Crippen LogP contribution is -2.03. The second kappa shape index (κ2) is 3.33. The van der Waals surface area contributed by atoms with Crippen molar-refractivity contribution in [2.45, 2.75) is 6.92 Å². The van der Waals surface area contributed by atoms with Crippen LogP contribution in [0.4, 0.5) is 11.4 Å². The number of phenolic OH excluding ortho intramolecular Hbond substituents is 1. The van der Waals surface area contributed by atoms with E-state index in [1.807, 2.05) is 0 Å². The van der Waals surface area contributed by atoms with Crippen molar-refractivity contribution in [3.8, 4) is 5.75 Å². The van der Waals surface area contributed by atoms with Crippen LogP contribution in [-0.2, 0) is 0 Å². The Labute approximate surface area is 79.1 Å². The summed E-state index contributed by atoms with van der Waals surface area (Å²) < 4.78 is 0. The normalized spacial score (nSPS) is 9.79. The third-order valence-electron chi connectivity index (χ3n) is 1.69. The van der Waals surface area contributed by atoms with E-state index < -0.39 is 16.4 Å². The molecular weight excluding hydrogens is 188 g/mol. The van der Waals surface area contributed by atoms with Crippen LogP contribution in [0, 0.1) is 10.1 Å². The first-order valence-corrected chi connectivity index (χ1v) is 3.71. The van der Waals surface area contributed by atoms with Crippen molar-refractivity contribution in [2.24, 2.45) is 0 Å². The molecule has 14 heavy (non-hydrogen) atoms. The van der Waals surface area contributed by atoms with Gasteiger partial charge in [-0.15, -0.1) is 0 Å². The largest absolute Gasteiger partial charge is 0.508 e. The van der Waals surface area contributed by atoms with E-state index in [2.05, 4.69) is 0 Å². The number of hydrogen-bond donors (Lipinski definition) is 2. The number of carbonyl (C=O) groups excluding carboxylic acids is 1. The van der Waals surface area contributed by atoms with E-state index in [0.717, 1.165) is 12.1 Å². The van der Waals surface area contributed by atoms with Crippen LogP contribution in [-0.4, -0.2) is 15.8 Å². The number of nitrogens with zero attached hydrogens (tertiary/aromatic N) is 1. The Hall–Kier alpha value is -2.11. The highest BCUT2D eigenvalue weighted by atomic mass is 16.6. The first kappa shape index (κ1) is 9.97. The van der Waals surface area contributed by atoms with Crippen LogP contribution < -0.4 is 5.73 Å². The van der Waals surface area contributed by atoms with Gasteiger partial charge in [0.2, 0.25) is 0 Å². The van der Waals surface area contributed by atoms with Crippen molar-refractivity contribution in [1.29, 1.82) is 0 Å². The minimum absolute atomic E-state index is 0.187. The monoisotopic (exact) mass is 196 g/mol. The lowest BCUT2D eigenvalue weighted by Gasteiger charge is -2.02. The SMILES string of the molecule is CC(=O)c1cc(O)cc(N)c1[N+](=O)[O-]. The van der Waals surface area contributed by atoms with Crippen LogP contribution in [0.3, 0.4) is 0 Å². The number of ketones is 1. The zero-order valence-electron chi connectivity index (χ0n) is 7.35. The molecule has 3 N–H and O–H groups in total. The second-order valence-electron chi connectivity index (χ2n) is 2.74. The van der Waals surface area contributed by atoms with Crippen molar-refractivity contribution < 1.29 is 14.8 Å². The maximum atomic E-state index is 11.0. The topological polar surface area (TPSA) is 106 Å². The van der Waals surface area contributed by atoms with Gasteiger partial charge in [-0.1, -0.05) is 0 Å². The molecule has 0 unspecified atom stereocenters. The number of phenols is 1. The van der Waals surface area contributed by atoms with Gasteiger partial charge in [0.25, 0.3) is 0 Å². The first-order chi connectivity index (χ1) is 6.43. The van der Waals surface area contributed by atoms with Crippen LogP contribution in [0.25, 0.3) is 0 Å². The fraction of sp³-hybridized carbons (Fsp3) is 0.125. The number of benzene rings is 1. The Balaban J connectivity index is 3.52. The highest BCUT2D eigenvalue weighted by Gasteiger charge is 2.22. The molecule has 0 aromatic heterocycles. The van der Waals surface area contributed by atoms with Crippen molar-refractivity contribution in [3.05, 3.63) is 27.8 Å². The molecule has 0 spiro atoms. The minimum Gasteiger partial charge on any atom is -0.508 e. The third kappa shape index (κ3) is 1.63. The fourth-order valence-corrected chi connectivity index (χ4v) is 1.11. The molecule has 74 valence electrons. The summed E-state index contributed by atoms with van der Waals surface area (Å²) in [7, 11) is 0. The van der Waals surface area contributed by atoms with Crippen LogP contribution in [0.15, 0.2) is 12.1 Å². The van der Waals surface area contributed by atoms with E-state index in [9.17, 15) is 14.9 Å². The summed E-state index contributed by atoms with van der Waals surface area (Å²) >= 11 is 0. The first-order valence-electron chi connectivity index (χ1n) is 3.71. The van der Waals surface area contributed by atoms with E-state index >= 15 is 0 Å². The lowest BCUT2D eigenvalue weighted by atomic mass is 10.1. The van der Waals surface area contributed by atoms with Gasteiger partial charge in [0, 0.05) is 6.07 Å². The summed E-state index contributed by atoms with van der Waals surface area (Å²) in [5.74, 6) is -0.780. The highest BCUT2D eigenvalue weighted by molar-refractivity contribution is 6.00. The Morgan fingerprint density at radius 1 is 1.57 bits per heavy atom. The predicted octanol–water partition coefficient (Wildman–Crippen LogP) is 1.09. The van der Waals surface area contributed by atoms with Gasteiger partial charge in [0.15, 0.2) is 5.78 Å². The molecule has 0 radical (unpaired) electrons. The van der Waals surface area contributed by atoms with E-state index in [4.69, 9.17) is 10.8 Å². The number of aromatic hydroxyl groups is 1. The molecule has 0 saturated carbocycles. The van der Waals surface area contributed by atoms with Crippen molar-refractivity contribution >= 4 is 17.2 Å². The summed E-state index contributed by atoms with van der Waals surface area (Å²) in [6.45, 7) is 1.17. The molecule has 0 atom stereocenters. The van der Waals surface area contributed by atoms with E-state index in [0.29, 0.717) is 0 Å². The molecule has 0 fully saturated rings. The van der Waals surface area contributed by atoms with Crippen LogP contribution in [0.5, 0.6) is 5.75 Å². The summed E-state index contributed by atoms with van der Waals surface area (Å²) in [4.78, 5) is 20.8. The smallest absolute Gasteiger partial charge is 0.303 e. The van der Waals surface area contributed by atoms with Gasteiger partial charge < -0.3 is 10.8 Å². The number of rotatable bonds is 2. The van der Waals surface area contributed by atoms with Crippen LogP contribution in [0.2, 0.25) is 0 Å². The fourth-order valence-electron chi connectivity index (χ4n) is 1.11. The molecule has 1 rings (SSSR count). The summed E-state index contributed by atoms with van der Waals surface area (Å²) in [5, 5.41) is 19.6. The molecule has 0 heterocycles. The highest BCUT2D eigenvalue weighted by Crippen LogP contribution is 2.30. The minimum atomic E-state index is -0.745. The van der Waals surface area contributed by atoms with E-state index in [1.165, 1.54) is 6.92 Å². The summed E-state index contributed by atoms with van der Waals surface area (Å²) in [6.07, 6.45) is 0. The number of nitrogen functional groups attached to an aromatic ring is 1. The molecule has 0 aliphatic heterocycles. The van der Waals surface area contributed by atoms with Gasteiger partial charge in [0.05, 0.1) is 4.92 Å². The number of carbonyl (C=O) groups is 1. The molecule has 1 aromatic carbocycles. The molecule has 0 aliphatic carbocycles. The van der Waals surface area contributed by atoms with Crippen molar-refractivity contribution in [2.75, 3.05) is 5.73 Å². The van der Waals surface area contributed by atoms with Gasteiger partial charge in [-0.2, -0.15) is 0 Å². The number of nitro groups is 1. The quantitative estimate of drug-likeness (QED) is 0.318.